The number of hydrogen-bond acceptors (Lipinski definition) is 4. The molecule has 0 aliphatic rings. The van der Waals surface area contributed by atoms with Crippen molar-refractivity contribution in [3.63, 3.8) is 0 Å². The van der Waals surface area contributed by atoms with Gasteiger partial charge in [0, 0.05) is 0 Å². The molecule has 88 valence electrons. The maximum absolute atomic E-state index is 11.8. The van der Waals surface area contributed by atoms with Crippen LogP contribution in [0.15, 0.2) is 30.9 Å². The van der Waals surface area contributed by atoms with Gasteiger partial charge >= 0.3 is 5.97 Å². The van der Waals surface area contributed by atoms with Gasteiger partial charge in [0.2, 0.25) is 0 Å². The summed E-state index contributed by atoms with van der Waals surface area (Å²) in [5.41, 5.74) is 2.64. The van der Waals surface area contributed by atoms with Crippen molar-refractivity contribution in [1.29, 1.82) is 0 Å². The Balaban J connectivity index is 2.04. The summed E-state index contributed by atoms with van der Waals surface area (Å²) in [6.07, 6.45) is 2.89. The van der Waals surface area contributed by atoms with Crippen molar-refractivity contribution in [2.24, 2.45) is 0 Å². The summed E-state index contributed by atoms with van der Waals surface area (Å²) in [7, 11) is 0. The number of carbonyl (C=O) groups excluding carboxylic acids is 1. The van der Waals surface area contributed by atoms with Gasteiger partial charge in [-0.15, -0.1) is 0 Å². The lowest BCUT2D eigenvalue weighted by Crippen LogP contribution is -2.10. The lowest BCUT2D eigenvalue weighted by molar-refractivity contribution is 0.0349. The van der Waals surface area contributed by atoms with Crippen LogP contribution >= 0.6 is 0 Å². The topological polar surface area (TPSA) is 57.0 Å². The number of carbonyl (C=O) groups is 1. The third-order valence-electron chi connectivity index (χ3n) is 2.25. The molecule has 5 nitrogen and oxygen atoms in total. The van der Waals surface area contributed by atoms with Crippen molar-refractivity contribution in [2.75, 3.05) is 0 Å². The average molecular weight is 231 g/mol. The van der Waals surface area contributed by atoms with Crippen LogP contribution in [0.25, 0.3) is 0 Å². The Morgan fingerprint density at radius 3 is 2.59 bits per heavy atom. The minimum Gasteiger partial charge on any atom is -0.439 e. The molecule has 0 atom stereocenters. The Morgan fingerprint density at radius 2 is 2.00 bits per heavy atom. The summed E-state index contributed by atoms with van der Waals surface area (Å²) in [6.45, 7) is 3.97. The average Bonchev–Trinajstić information content (AvgIpc) is 2.77. The Morgan fingerprint density at radius 1 is 1.29 bits per heavy atom. The number of aryl methyl sites for hydroxylation is 2. The summed E-state index contributed by atoms with van der Waals surface area (Å²) in [4.78, 5) is 15.5. The second kappa shape index (κ2) is 4.78. The minimum absolute atomic E-state index is 0.0752. The van der Waals surface area contributed by atoms with Gasteiger partial charge in [-0.3, -0.25) is 0 Å². The van der Waals surface area contributed by atoms with Crippen molar-refractivity contribution >= 4 is 5.97 Å². The summed E-state index contributed by atoms with van der Waals surface area (Å²) in [6, 6.07) is 5.61. The van der Waals surface area contributed by atoms with Gasteiger partial charge in [-0.05, 0) is 26.0 Å². The zero-order valence-corrected chi connectivity index (χ0v) is 9.75. The van der Waals surface area contributed by atoms with E-state index in [1.807, 2.05) is 19.9 Å². The molecule has 0 saturated heterocycles. The van der Waals surface area contributed by atoms with Gasteiger partial charge in [-0.1, -0.05) is 17.2 Å². The summed E-state index contributed by atoms with van der Waals surface area (Å²) >= 11 is 0. The van der Waals surface area contributed by atoms with Crippen LogP contribution in [0.4, 0.5) is 0 Å². The number of esters is 1. The van der Waals surface area contributed by atoms with E-state index in [1.165, 1.54) is 17.3 Å². The van der Waals surface area contributed by atoms with Crippen molar-refractivity contribution in [3.05, 3.63) is 47.5 Å². The molecule has 2 rings (SSSR count). The summed E-state index contributed by atoms with van der Waals surface area (Å²) < 4.78 is 6.55. The first-order valence-electron chi connectivity index (χ1n) is 5.23. The normalized spacial score (nSPS) is 10.2. The number of hydrogen-bond donors (Lipinski definition) is 0. The molecule has 5 heteroatoms. The monoisotopic (exact) mass is 231 g/mol. The zero-order valence-electron chi connectivity index (χ0n) is 9.75. The molecule has 0 N–H and O–H groups in total. The Labute approximate surface area is 99.1 Å². The molecule has 1 aromatic carbocycles. The SMILES string of the molecule is Cc1cc(C)cc(C(=O)OCn2cncn2)c1. The van der Waals surface area contributed by atoms with Crippen molar-refractivity contribution in [1.82, 2.24) is 14.8 Å². The van der Waals surface area contributed by atoms with Crippen molar-refractivity contribution in [3.8, 4) is 0 Å². The van der Waals surface area contributed by atoms with Crippen LogP contribution in [0.1, 0.15) is 21.5 Å². The molecule has 0 amide bonds. The van der Waals surface area contributed by atoms with E-state index in [4.69, 9.17) is 4.74 Å². The van der Waals surface area contributed by atoms with E-state index in [2.05, 4.69) is 10.1 Å². The molecular weight excluding hydrogens is 218 g/mol. The van der Waals surface area contributed by atoms with Crippen LogP contribution in [-0.2, 0) is 11.5 Å². The van der Waals surface area contributed by atoms with Crippen molar-refractivity contribution < 1.29 is 9.53 Å². The molecule has 0 saturated carbocycles. The van der Waals surface area contributed by atoms with Gasteiger partial charge in [0.15, 0.2) is 6.73 Å². The first-order valence-corrected chi connectivity index (χ1v) is 5.23. The molecule has 0 spiro atoms. The molecule has 0 fully saturated rings. The molecule has 17 heavy (non-hydrogen) atoms. The maximum Gasteiger partial charge on any atom is 0.339 e. The van der Waals surface area contributed by atoms with Crippen LogP contribution in [0.2, 0.25) is 0 Å². The Bertz CT molecular complexity index is 500. The predicted molar refractivity (Wildman–Crippen MR) is 61.4 cm³/mol. The minimum atomic E-state index is -0.354. The number of nitrogens with zero attached hydrogens (tertiary/aromatic N) is 3. The van der Waals surface area contributed by atoms with Crippen LogP contribution in [-0.4, -0.2) is 20.7 Å². The molecule has 2 aromatic rings. The molecule has 0 unspecified atom stereocenters. The molecule has 0 radical (unpaired) electrons. The number of aromatic nitrogens is 3. The van der Waals surface area contributed by atoms with E-state index in [-0.39, 0.29) is 12.7 Å². The first kappa shape index (κ1) is 11.3. The van der Waals surface area contributed by atoms with Crippen molar-refractivity contribution in [2.45, 2.75) is 20.6 Å². The van der Waals surface area contributed by atoms with Gasteiger partial charge in [0.25, 0.3) is 0 Å². The fraction of sp³-hybridized carbons (Fsp3) is 0.250. The number of benzene rings is 1. The fourth-order valence-corrected chi connectivity index (χ4v) is 1.60. The van der Waals surface area contributed by atoms with Crippen LogP contribution in [0.3, 0.4) is 0 Å². The molecular formula is C12H13N3O2. The molecule has 1 heterocycles. The second-order valence-corrected chi connectivity index (χ2v) is 3.87. The van der Waals surface area contributed by atoms with Crippen LogP contribution < -0.4 is 0 Å². The molecule has 0 aliphatic heterocycles. The van der Waals surface area contributed by atoms with Crippen LogP contribution in [0.5, 0.6) is 0 Å². The highest BCUT2D eigenvalue weighted by Gasteiger charge is 2.08. The predicted octanol–water partition coefficient (Wildman–Crippen LogP) is 1.71. The quantitative estimate of drug-likeness (QED) is 0.754. The highest BCUT2D eigenvalue weighted by molar-refractivity contribution is 5.89. The Hall–Kier alpha value is -2.17. The standard InChI is InChI=1S/C12H13N3O2/c1-9-3-10(2)5-11(4-9)12(16)17-8-15-7-13-6-14-15/h3-7H,8H2,1-2H3. The van der Waals surface area contributed by atoms with E-state index in [9.17, 15) is 4.79 Å². The second-order valence-electron chi connectivity index (χ2n) is 3.87. The molecule has 0 aliphatic carbocycles. The first-order chi connectivity index (χ1) is 8.15. The molecule has 0 bridgehead atoms. The highest BCUT2D eigenvalue weighted by Crippen LogP contribution is 2.10. The number of ether oxygens (including phenoxy) is 1. The van der Waals surface area contributed by atoms with Gasteiger partial charge in [0.1, 0.15) is 12.7 Å². The summed E-state index contributed by atoms with van der Waals surface area (Å²) in [5, 5.41) is 3.85. The van der Waals surface area contributed by atoms with E-state index < -0.39 is 0 Å². The van der Waals surface area contributed by atoms with E-state index in [0.29, 0.717) is 5.56 Å². The third kappa shape index (κ3) is 2.90. The van der Waals surface area contributed by atoms with E-state index in [1.54, 1.807) is 12.1 Å². The zero-order chi connectivity index (χ0) is 12.3. The smallest absolute Gasteiger partial charge is 0.339 e. The number of rotatable bonds is 3. The van der Waals surface area contributed by atoms with Crippen LogP contribution in [0, 0.1) is 13.8 Å². The molecule has 1 aromatic heterocycles. The lowest BCUT2D eigenvalue weighted by Gasteiger charge is -2.06. The van der Waals surface area contributed by atoms with E-state index in [0.717, 1.165) is 11.1 Å². The van der Waals surface area contributed by atoms with Gasteiger partial charge < -0.3 is 4.74 Å². The summed E-state index contributed by atoms with van der Waals surface area (Å²) in [5.74, 6) is -0.354. The van der Waals surface area contributed by atoms with Gasteiger partial charge in [-0.25, -0.2) is 14.5 Å². The highest BCUT2D eigenvalue weighted by atomic mass is 16.5. The largest absolute Gasteiger partial charge is 0.439 e. The van der Waals surface area contributed by atoms with E-state index >= 15 is 0 Å². The Kier molecular flexibility index (Phi) is 3.18. The third-order valence-corrected chi connectivity index (χ3v) is 2.25. The van der Waals surface area contributed by atoms with Gasteiger partial charge in [-0.2, -0.15) is 5.10 Å². The van der Waals surface area contributed by atoms with Gasteiger partial charge in [0.05, 0.1) is 5.56 Å². The lowest BCUT2D eigenvalue weighted by atomic mass is 10.1. The maximum atomic E-state index is 11.8. The fourth-order valence-electron chi connectivity index (χ4n) is 1.60.